The van der Waals surface area contributed by atoms with Gasteiger partial charge >= 0.3 is 5.97 Å². The number of ether oxygens (including phenoxy) is 1. The van der Waals surface area contributed by atoms with Crippen molar-refractivity contribution in [2.75, 3.05) is 12.0 Å². The first-order chi connectivity index (χ1) is 10.3. The normalized spacial score (nSPS) is 17.5. The zero-order chi connectivity index (χ0) is 16.5. The first-order valence-electron chi connectivity index (χ1n) is 7.68. The Kier molecular flexibility index (Phi) is 4.59. The van der Waals surface area contributed by atoms with E-state index in [-0.39, 0.29) is 23.4 Å². The number of nitrogens with zero attached hydrogens (tertiary/aromatic N) is 1. The molecule has 1 atom stereocenters. The standard InChI is InChI=1S/C18H24FNO2/c1-6-7-16(17(21)22-5)20-15-9-8-13(19)10-14(15)12(2)11-18(20,3)4/h8-11,16H,6-7H2,1-5H3. The number of esters is 1. The van der Waals surface area contributed by atoms with Gasteiger partial charge in [0.25, 0.3) is 0 Å². The molecule has 4 heteroatoms. The second-order valence-electron chi connectivity index (χ2n) is 6.34. The summed E-state index contributed by atoms with van der Waals surface area (Å²) in [5.74, 6) is -0.519. The minimum Gasteiger partial charge on any atom is -0.467 e. The van der Waals surface area contributed by atoms with Gasteiger partial charge in [0, 0.05) is 11.3 Å². The molecule has 0 saturated heterocycles. The van der Waals surface area contributed by atoms with Crippen LogP contribution in [0.1, 0.15) is 46.1 Å². The van der Waals surface area contributed by atoms with Crippen molar-refractivity contribution in [2.24, 2.45) is 0 Å². The van der Waals surface area contributed by atoms with Crippen LogP contribution in [0, 0.1) is 5.82 Å². The van der Waals surface area contributed by atoms with E-state index in [9.17, 15) is 9.18 Å². The average Bonchev–Trinajstić information content (AvgIpc) is 2.45. The molecule has 120 valence electrons. The lowest BCUT2D eigenvalue weighted by molar-refractivity contribution is -0.142. The van der Waals surface area contributed by atoms with Gasteiger partial charge in [-0.15, -0.1) is 0 Å². The van der Waals surface area contributed by atoms with E-state index in [0.29, 0.717) is 6.42 Å². The summed E-state index contributed by atoms with van der Waals surface area (Å²) in [7, 11) is 1.41. The van der Waals surface area contributed by atoms with Gasteiger partial charge in [-0.3, -0.25) is 0 Å². The van der Waals surface area contributed by atoms with E-state index in [1.54, 1.807) is 6.07 Å². The number of anilines is 1. The van der Waals surface area contributed by atoms with Crippen molar-refractivity contribution in [2.45, 2.75) is 52.1 Å². The number of rotatable bonds is 4. The predicted octanol–water partition coefficient (Wildman–Crippen LogP) is 4.17. The number of fused-ring (bicyclic) bond motifs is 1. The summed E-state index contributed by atoms with van der Waals surface area (Å²) in [6.45, 7) is 8.15. The van der Waals surface area contributed by atoms with Gasteiger partial charge in [0.2, 0.25) is 0 Å². The topological polar surface area (TPSA) is 29.5 Å². The fourth-order valence-corrected chi connectivity index (χ4v) is 3.35. The molecule has 0 radical (unpaired) electrons. The van der Waals surface area contributed by atoms with Gasteiger partial charge in [-0.1, -0.05) is 19.4 Å². The largest absolute Gasteiger partial charge is 0.467 e. The summed E-state index contributed by atoms with van der Waals surface area (Å²) < 4.78 is 18.6. The summed E-state index contributed by atoms with van der Waals surface area (Å²) >= 11 is 0. The second kappa shape index (κ2) is 6.11. The van der Waals surface area contributed by atoms with Crippen LogP contribution in [0.2, 0.25) is 0 Å². The van der Waals surface area contributed by atoms with Crippen LogP contribution in [-0.4, -0.2) is 24.7 Å². The molecule has 0 bridgehead atoms. The third kappa shape index (κ3) is 2.87. The van der Waals surface area contributed by atoms with E-state index in [1.807, 2.05) is 13.8 Å². The van der Waals surface area contributed by atoms with Crippen molar-refractivity contribution in [3.8, 4) is 0 Å². The van der Waals surface area contributed by atoms with Gasteiger partial charge in [0.1, 0.15) is 11.9 Å². The molecule has 0 aliphatic carbocycles. The van der Waals surface area contributed by atoms with Gasteiger partial charge in [-0.05, 0) is 51.0 Å². The Morgan fingerprint density at radius 1 is 1.41 bits per heavy atom. The lowest BCUT2D eigenvalue weighted by Gasteiger charge is -2.46. The molecule has 1 aromatic carbocycles. The van der Waals surface area contributed by atoms with Crippen LogP contribution in [0.5, 0.6) is 0 Å². The average molecular weight is 305 g/mol. The van der Waals surface area contributed by atoms with Crippen LogP contribution in [0.15, 0.2) is 24.3 Å². The maximum Gasteiger partial charge on any atom is 0.328 e. The zero-order valence-electron chi connectivity index (χ0n) is 13.9. The van der Waals surface area contributed by atoms with Crippen molar-refractivity contribution in [3.05, 3.63) is 35.7 Å². The third-order valence-corrected chi connectivity index (χ3v) is 4.18. The van der Waals surface area contributed by atoms with Gasteiger partial charge in [-0.25, -0.2) is 9.18 Å². The van der Waals surface area contributed by atoms with E-state index < -0.39 is 0 Å². The molecule has 0 saturated carbocycles. The Morgan fingerprint density at radius 2 is 2.09 bits per heavy atom. The van der Waals surface area contributed by atoms with E-state index in [0.717, 1.165) is 23.2 Å². The molecule has 1 aromatic rings. The fourth-order valence-electron chi connectivity index (χ4n) is 3.35. The number of carbonyl (C=O) groups excluding carboxylic acids is 1. The van der Waals surface area contributed by atoms with Crippen LogP contribution in [-0.2, 0) is 9.53 Å². The molecule has 0 fully saturated rings. The Hall–Kier alpha value is -1.84. The summed E-state index contributed by atoms with van der Waals surface area (Å²) in [6, 6.07) is 4.36. The Morgan fingerprint density at radius 3 is 2.68 bits per heavy atom. The highest BCUT2D eigenvalue weighted by atomic mass is 19.1. The number of carbonyl (C=O) groups is 1. The van der Waals surface area contributed by atoms with Crippen LogP contribution < -0.4 is 4.90 Å². The number of halogens is 1. The molecule has 0 spiro atoms. The third-order valence-electron chi connectivity index (χ3n) is 4.18. The van der Waals surface area contributed by atoms with Gasteiger partial charge in [0.05, 0.1) is 12.6 Å². The molecule has 1 aliphatic heterocycles. The van der Waals surface area contributed by atoms with Crippen LogP contribution in [0.4, 0.5) is 10.1 Å². The molecule has 3 nitrogen and oxygen atoms in total. The number of hydrogen-bond acceptors (Lipinski definition) is 3. The molecular weight excluding hydrogens is 281 g/mol. The summed E-state index contributed by atoms with van der Waals surface area (Å²) in [6.07, 6.45) is 3.64. The second-order valence-corrected chi connectivity index (χ2v) is 6.34. The Bertz CT molecular complexity index is 607. The quantitative estimate of drug-likeness (QED) is 0.782. The minimum atomic E-state index is -0.376. The molecule has 0 N–H and O–H groups in total. The summed E-state index contributed by atoms with van der Waals surface area (Å²) in [4.78, 5) is 14.3. The van der Waals surface area contributed by atoms with Crippen molar-refractivity contribution in [1.82, 2.24) is 0 Å². The smallest absolute Gasteiger partial charge is 0.328 e. The SMILES string of the molecule is CCCC(C(=O)OC)N1c2ccc(F)cc2C(C)=CC1(C)C. The minimum absolute atomic E-state index is 0.252. The van der Waals surface area contributed by atoms with Crippen molar-refractivity contribution >= 4 is 17.2 Å². The highest BCUT2D eigenvalue weighted by Gasteiger charge is 2.39. The first-order valence-corrected chi connectivity index (χ1v) is 7.68. The molecular formula is C18H24FNO2. The van der Waals surface area contributed by atoms with Crippen LogP contribution in [0.25, 0.3) is 5.57 Å². The highest BCUT2D eigenvalue weighted by Crippen LogP contribution is 2.41. The molecule has 2 rings (SSSR count). The molecule has 0 amide bonds. The predicted molar refractivity (Wildman–Crippen MR) is 87.3 cm³/mol. The van der Waals surface area contributed by atoms with Crippen molar-refractivity contribution < 1.29 is 13.9 Å². The Labute approximate surface area is 131 Å². The van der Waals surface area contributed by atoms with E-state index in [1.165, 1.54) is 19.2 Å². The van der Waals surface area contributed by atoms with E-state index >= 15 is 0 Å². The molecule has 1 unspecified atom stereocenters. The number of hydrogen-bond donors (Lipinski definition) is 0. The van der Waals surface area contributed by atoms with Crippen LogP contribution in [0.3, 0.4) is 0 Å². The van der Waals surface area contributed by atoms with Gasteiger partial charge in [-0.2, -0.15) is 0 Å². The summed E-state index contributed by atoms with van der Waals surface area (Å²) in [5.41, 5.74) is 2.40. The molecule has 0 aromatic heterocycles. The molecule has 1 heterocycles. The van der Waals surface area contributed by atoms with Gasteiger partial charge < -0.3 is 9.64 Å². The van der Waals surface area contributed by atoms with Crippen molar-refractivity contribution in [3.63, 3.8) is 0 Å². The van der Waals surface area contributed by atoms with Crippen LogP contribution >= 0.6 is 0 Å². The first kappa shape index (κ1) is 16.5. The van der Waals surface area contributed by atoms with Gasteiger partial charge in [0.15, 0.2) is 0 Å². The maximum absolute atomic E-state index is 13.6. The van der Waals surface area contributed by atoms with E-state index in [4.69, 9.17) is 4.74 Å². The number of benzene rings is 1. The monoisotopic (exact) mass is 305 g/mol. The number of methoxy groups -OCH3 is 1. The van der Waals surface area contributed by atoms with Crippen molar-refractivity contribution in [1.29, 1.82) is 0 Å². The highest BCUT2D eigenvalue weighted by molar-refractivity contribution is 5.87. The molecule has 22 heavy (non-hydrogen) atoms. The Balaban J connectivity index is 2.60. The number of allylic oxidation sites excluding steroid dienone is 1. The summed E-state index contributed by atoms with van der Waals surface area (Å²) in [5, 5.41) is 0. The lowest BCUT2D eigenvalue weighted by Crippen LogP contribution is -2.54. The zero-order valence-corrected chi connectivity index (χ0v) is 13.9. The lowest BCUT2D eigenvalue weighted by atomic mass is 9.86. The van der Waals surface area contributed by atoms with E-state index in [2.05, 4.69) is 24.8 Å². The fraction of sp³-hybridized carbons (Fsp3) is 0.500. The molecule has 1 aliphatic rings. The maximum atomic E-state index is 13.6.